The van der Waals surface area contributed by atoms with Crippen molar-refractivity contribution in [1.29, 1.82) is 0 Å². The van der Waals surface area contributed by atoms with Crippen LogP contribution in [-0.2, 0) is 9.47 Å². The van der Waals surface area contributed by atoms with Gasteiger partial charge in [0.1, 0.15) is 0 Å². The maximum Gasteiger partial charge on any atom is 0.0690 e. The lowest BCUT2D eigenvalue weighted by atomic mass is 9.46. The molecule has 1 saturated carbocycles. The van der Waals surface area contributed by atoms with Gasteiger partial charge in [-0.3, -0.25) is 0 Å². The molecule has 0 aromatic carbocycles. The van der Waals surface area contributed by atoms with Gasteiger partial charge in [0.25, 0.3) is 0 Å². The van der Waals surface area contributed by atoms with Crippen molar-refractivity contribution < 1.29 is 9.47 Å². The van der Waals surface area contributed by atoms with Gasteiger partial charge < -0.3 is 20.5 Å². The predicted molar refractivity (Wildman–Crippen MR) is 79.6 cm³/mol. The Hall–Kier alpha value is -0.160. The fourth-order valence-electron chi connectivity index (χ4n) is 4.38. The number of rotatable bonds is 3. The highest BCUT2D eigenvalue weighted by Crippen LogP contribution is 2.57. The van der Waals surface area contributed by atoms with E-state index in [4.69, 9.17) is 15.2 Å². The first kappa shape index (κ1) is 14.8. The summed E-state index contributed by atoms with van der Waals surface area (Å²) in [5.74, 6) is 0.516. The summed E-state index contributed by atoms with van der Waals surface area (Å²) in [5, 5.41) is 3.77. The summed E-state index contributed by atoms with van der Waals surface area (Å²) in [5.41, 5.74) is 6.94. The van der Waals surface area contributed by atoms with Gasteiger partial charge in [-0.05, 0) is 32.6 Å². The second kappa shape index (κ2) is 4.94. The molecule has 0 aromatic rings. The first-order valence-electron chi connectivity index (χ1n) is 8.12. The Labute approximate surface area is 122 Å². The Bertz CT molecular complexity index is 365. The molecule has 20 heavy (non-hydrogen) atoms. The molecule has 3 rings (SSSR count). The van der Waals surface area contributed by atoms with Crippen LogP contribution in [0.15, 0.2) is 0 Å². The Kier molecular flexibility index (Phi) is 3.65. The molecule has 3 unspecified atom stereocenters. The molecule has 3 fully saturated rings. The van der Waals surface area contributed by atoms with Crippen LogP contribution in [0.4, 0.5) is 0 Å². The molecule has 116 valence electrons. The average molecular weight is 282 g/mol. The van der Waals surface area contributed by atoms with E-state index in [0.717, 1.165) is 45.6 Å². The van der Waals surface area contributed by atoms with Gasteiger partial charge in [-0.2, -0.15) is 0 Å². The van der Waals surface area contributed by atoms with Crippen molar-refractivity contribution in [3.63, 3.8) is 0 Å². The molecule has 1 aliphatic carbocycles. The van der Waals surface area contributed by atoms with E-state index < -0.39 is 0 Å². The molecule has 0 bridgehead atoms. The largest absolute Gasteiger partial charge is 0.381 e. The van der Waals surface area contributed by atoms with Crippen LogP contribution in [0.1, 0.15) is 46.5 Å². The van der Waals surface area contributed by atoms with Gasteiger partial charge in [-0.15, -0.1) is 0 Å². The topological polar surface area (TPSA) is 56.5 Å². The Balaban J connectivity index is 1.66. The van der Waals surface area contributed by atoms with Gasteiger partial charge in [0.2, 0.25) is 0 Å². The summed E-state index contributed by atoms with van der Waals surface area (Å²) in [6.45, 7) is 10.4. The molecule has 0 amide bonds. The first-order chi connectivity index (χ1) is 9.39. The quantitative estimate of drug-likeness (QED) is 0.827. The van der Waals surface area contributed by atoms with E-state index in [1.165, 1.54) is 6.42 Å². The SMILES string of the molecule is CC1(NCC2(N)C3CCCOC3C2(C)C)CCOCC1. The van der Waals surface area contributed by atoms with Crippen LogP contribution < -0.4 is 11.1 Å². The summed E-state index contributed by atoms with van der Waals surface area (Å²) < 4.78 is 11.4. The van der Waals surface area contributed by atoms with Crippen molar-refractivity contribution in [2.24, 2.45) is 17.1 Å². The number of fused-ring (bicyclic) bond motifs is 1. The van der Waals surface area contributed by atoms with Crippen molar-refractivity contribution in [2.45, 2.75) is 63.6 Å². The molecule has 0 aromatic heterocycles. The smallest absolute Gasteiger partial charge is 0.0690 e. The van der Waals surface area contributed by atoms with E-state index in [2.05, 4.69) is 26.1 Å². The van der Waals surface area contributed by atoms with Crippen LogP contribution in [0.25, 0.3) is 0 Å². The number of hydrogen-bond donors (Lipinski definition) is 2. The minimum absolute atomic E-state index is 0.0621. The zero-order chi connectivity index (χ0) is 14.4. The third kappa shape index (κ3) is 2.12. The standard InChI is InChI=1S/C16H30N2O2/c1-14(2)13-12(5-4-8-20-13)16(14,17)11-18-15(3)6-9-19-10-7-15/h12-13,18H,4-11,17H2,1-3H3. The fraction of sp³-hybridized carbons (Fsp3) is 1.00. The normalized spacial score (nSPS) is 42.6. The minimum atomic E-state index is -0.139. The van der Waals surface area contributed by atoms with Gasteiger partial charge >= 0.3 is 0 Å². The molecule has 4 heteroatoms. The number of nitrogens with two attached hydrogens (primary N) is 1. The van der Waals surface area contributed by atoms with Crippen LogP contribution in [0.5, 0.6) is 0 Å². The van der Waals surface area contributed by atoms with E-state index in [0.29, 0.717) is 12.0 Å². The molecule has 0 radical (unpaired) electrons. The number of hydrogen-bond acceptors (Lipinski definition) is 4. The second-order valence-electron chi connectivity index (χ2n) is 7.83. The Morgan fingerprint density at radius 2 is 1.85 bits per heavy atom. The van der Waals surface area contributed by atoms with Gasteiger partial charge in [0.05, 0.1) is 6.10 Å². The zero-order valence-electron chi connectivity index (χ0n) is 13.2. The van der Waals surface area contributed by atoms with Crippen LogP contribution >= 0.6 is 0 Å². The fourth-order valence-corrected chi connectivity index (χ4v) is 4.38. The van der Waals surface area contributed by atoms with E-state index in [1.54, 1.807) is 0 Å². The van der Waals surface area contributed by atoms with Crippen LogP contribution in [0, 0.1) is 11.3 Å². The predicted octanol–water partition coefficient (Wildman–Crippen LogP) is 1.68. The van der Waals surface area contributed by atoms with E-state index in [9.17, 15) is 0 Å². The maximum absolute atomic E-state index is 6.84. The van der Waals surface area contributed by atoms with Crippen molar-refractivity contribution in [1.82, 2.24) is 5.32 Å². The van der Waals surface area contributed by atoms with Crippen LogP contribution in [-0.4, -0.2) is 43.5 Å². The van der Waals surface area contributed by atoms with Crippen molar-refractivity contribution in [3.8, 4) is 0 Å². The van der Waals surface area contributed by atoms with Crippen LogP contribution in [0.2, 0.25) is 0 Å². The highest BCUT2D eigenvalue weighted by molar-refractivity contribution is 5.21. The third-order valence-electron chi connectivity index (χ3n) is 6.30. The lowest BCUT2D eigenvalue weighted by Crippen LogP contribution is -2.81. The van der Waals surface area contributed by atoms with Gasteiger partial charge in [-0.25, -0.2) is 0 Å². The average Bonchev–Trinajstić information content (AvgIpc) is 2.45. The maximum atomic E-state index is 6.84. The zero-order valence-corrected chi connectivity index (χ0v) is 13.2. The van der Waals surface area contributed by atoms with Gasteiger partial charge in [-0.1, -0.05) is 13.8 Å². The number of ether oxygens (including phenoxy) is 2. The summed E-state index contributed by atoms with van der Waals surface area (Å²) in [4.78, 5) is 0. The lowest BCUT2D eigenvalue weighted by Gasteiger charge is -2.67. The summed E-state index contributed by atoms with van der Waals surface area (Å²) in [6, 6.07) is 0. The molecular weight excluding hydrogens is 252 g/mol. The number of nitrogens with one attached hydrogen (secondary N) is 1. The summed E-state index contributed by atoms with van der Waals surface area (Å²) >= 11 is 0. The molecule has 3 N–H and O–H groups in total. The molecule has 3 aliphatic rings. The Morgan fingerprint density at radius 1 is 1.15 bits per heavy atom. The van der Waals surface area contributed by atoms with Gasteiger partial charge in [0, 0.05) is 48.8 Å². The molecule has 0 spiro atoms. The molecule has 2 heterocycles. The monoisotopic (exact) mass is 282 g/mol. The van der Waals surface area contributed by atoms with Crippen molar-refractivity contribution >= 4 is 0 Å². The van der Waals surface area contributed by atoms with E-state index in [1.807, 2.05) is 0 Å². The molecule has 4 nitrogen and oxygen atoms in total. The highest BCUT2D eigenvalue weighted by Gasteiger charge is 2.66. The van der Waals surface area contributed by atoms with E-state index >= 15 is 0 Å². The molecule has 2 aliphatic heterocycles. The van der Waals surface area contributed by atoms with E-state index in [-0.39, 0.29) is 16.5 Å². The Morgan fingerprint density at radius 3 is 2.55 bits per heavy atom. The summed E-state index contributed by atoms with van der Waals surface area (Å²) in [7, 11) is 0. The second-order valence-corrected chi connectivity index (χ2v) is 7.83. The molecular formula is C16H30N2O2. The highest BCUT2D eigenvalue weighted by atomic mass is 16.5. The first-order valence-corrected chi connectivity index (χ1v) is 8.12. The third-order valence-corrected chi connectivity index (χ3v) is 6.30. The summed E-state index contributed by atoms with van der Waals surface area (Å²) in [6.07, 6.45) is 4.88. The van der Waals surface area contributed by atoms with Crippen LogP contribution in [0.3, 0.4) is 0 Å². The van der Waals surface area contributed by atoms with Crippen molar-refractivity contribution in [2.75, 3.05) is 26.4 Å². The van der Waals surface area contributed by atoms with Crippen molar-refractivity contribution in [3.05, 3.63) is 0 Å². The minimum Gasteiger partial charge on any atom is -0.381 e. The lowest BCUT2D eigenvalue weighted by molar-refractivity contribution is -0.227. The molecule has 3 atom stereocenters. The molecule has 2 saturated heterocycles. The van der Waals surface area contributed by atoms with Gasteiger partial charge in [0.15, 0.2) is 0 Å².